The van der Waals surface area contributed by atoms with Crippen LogP contribution in [0.5, 0.6) is 0 Å². The van der Waals surface area contributed by atoms with Crippen LogP contribution in [-0.4, -0.2) is 9.55 Å². The summed E-state index contributed by atoms with van der Waals surface area (Å²) in [5, 5.41) is 11.0. The lowest BCUT2D eigenvalue weighted by molar-refractivity contribution is 0.670. The van der Waals surface area contributed by atoms with E-state index >= 15 is 0 Å². The minimum absolute atomic E-state index is 0.803. The van der Waals surface area contributed by atoms with E-state index in [-0.39, 0.29) is 0 Å². The van der Waals surface area contributed by atoms with Gasteiger partial charge in [-0.1, -0.05) is 133 Å². The Morgan fingerprint density at radius 1 is 0.420 bits per heavy atom. The normalized spacial score (nSPS) is 12.0. The SMILES string of the molecule is c1ccc(-n2c3ccccc3c3c(-c4ccc(-c5ccc6c7ccccc7c7ccccc7c6c5)cc4)nc4c5ccccc5oc4c32)cc1. The van der Waals surface area contributed by atoms with Gasteiger partial charge in [-0.25, -0.2) is 4.98 Å². The zero-order valence-corrected chi connectivity index (χ0v) is 27.0. The Balaban J connectivity index is 1.15. The number of furan rings is 1. The Labute approximate surface area is 287 Å². The predicted molar refractivity (Wildman–Crippen MR) is 209 cm³/mol. The molecule has 50 heavy (non-hydrogen) atoms. The lowest BCUT2D eigenvalue weighted by Gasteiger charge is -2.12. The van der Waals surface area contributed by atoms with E-state index in [1.54, 1.807) is 0 Å². The van der Waals surface area contributed by atoms with Crippen molar-refractivity contribution in [3.63, 3.8) is 0 Å². The summed E-state index contributed by atoms with van der Waals surface area (Å²) < 4.78 is 8.97. The number of para-hydroxylation sites is 3. The molecule has 0 aliphatic carbocycles. The van der Waals surface area contributed by atoms with Crippen LogP contribution in [0.2, 0.25) is 0 Å². The lowest BCUT2D eigenvalue weighted by atomic mass is 9.92. The molecule has 11 aromatic rings. The molecule has 3 aromatic heterocycles. The van der Waals surface area contributed by atoms with E-state index < -0.39 is 0 Å². The first kappa shape index (κ1) is 27.3. The molecule has 11 rings (SSSR count). The van der Waals surface area contributed by atoms with Crippen molar-refractivity contribution < 1.29 is 4.42 Å². The van der Waals surface area contributed by atoms with Gasteiger partial charge in [0.25, 0.3) is 0 Å². The molecule has 0 atom stereocenters. The molecule has 0 N–H and O–H groups in total. The van der Waals surface area contributed by atoms with Crippen LogP contribution in [0.1, 0.15) is 0 Å². The Morgan fingerprint density at radius 3 is 1.68 bits per heavy atom. The van der Waals surface area contributed by atoms with Crippen LogP contribution in [0.15, 0.2) is 174 Å². The van der Waals surface area contributed by atoms with Gasteiger partial charge in [0, 0.05) is 27.4 Å². The van der Waals surface area contributed by atoms with Crippen LogP contribution in [0.4, 0.5) is 0 Å². The fraction of sp³-hybridized carbons (Fsp3) is 0. The average Bonchev–Trinajstić information content (AvgIpc) is 3.74. The van der Waals surface area contributed by atoms with Gasteiger partial charge in [0.15, 0.2) is 5.58 Å². The van der Waals surface area contributed by atoms with Crippen molar-refractivity contribution in [2.75, 3.05) is 0 Å². The molecular formula is C47H28N2O. The van der Waals surface area contributed by atoms with Gasteiger partial charge in [-0.2, -0.15) is 0 Å². The predicted octanol–water partition coefficient (Wildman–Crippen LogP) is 12.9. The smallest absolute Gasteiger partial charge is 0.178 e. The summed E-state index contributed by atoms with van der Waals surface area (Å²) in [5.41, 5.74) is 10.1. The van der Waals surface area contributed by atoms with Crippen LogP contribution in [0, 0.1) is 0 Å². The lowest BCUT2D eigenvalue weighted by Crippen LogP contribution is -1.95. The van der Waals surface area contributed by atoms with Gasteiger partial charge in [0.05, 0.1) is 11.2 Å². The van der Waals surface area contributed by atoms with Crippen molar-refractivity contribution >= 4 is 76.2 Å². The monoisotopic (exact) mass is 636 g/mol. The summed E-state index contributed by atoms with van der Waals surface area (Å²) in [6.45, 7) is 0. The van der Waals surface area contributed by atoms with Crippen LogP contribution in [0.3, 0.4) is 0 Å². The van der Waals surface area contributed by atoms with Gasteiger partial charge >= 0.3 is 0 Å². The van der Waals surface area contributed by atoms with Crippen LogP contribution in [0.25, 0.3) is 104 Å². The molecule has 3 heterocycles. The molecule has 232 valence electrons. The molecule has 0 saturated carbocycles. The molecule has 8 aromatic carbocycles. The molecule has 0 amide bonds. The van der Waals surface area contributed by atoms with Gasteiger partial charge in [-0.3, -0.25) is 0 Å². The zero-order valence-electron chi connectivity index (χ0n) is 27.0. The topological polar surface area (TPSA) is 31.0 Å². The van der Waals surface area contributed by atoms with Crippen molar-refractivity contribution in [1.82, 2.24) is 9.55 Å². The maximum atomic E-state index is 6.63. The molecule has 0 unspecified atom stereocenters. The van der Waals surface area contributed by atoms with E-state index in [0.29, 0.717) is 0 Å². The van der Waals surface area contributed by atoms with Crippen molar-refractivity contribution in [3.8, 4) is 28.1 Å². The molecule has 0 saturated heterocycles. The molecule has 0 radical (unpaired) electrons. The highest BCUT2D eigenvalue weighted by Gasteiger charge is 2.24. The number of benzene rings is 8. The first-order chi connectivity index (χ1) is 24.8. The van der Waals surface area contributed by atoms with E-state index in [2.05, 4.69) is 162 Å². The quantitative estimate of drug-likeness (QED) is 0.181. The second-order valence-electron chi connectivity index (χ2n) is 13.1. The zero-order chi connectivity index (χ0) is 32.8. The third-order valence-electron chi connectivity index (χ3n) is 10.4. The van der Waals surface area contributed by atoms with Crippen molar-refractivity contribution in [2.45, 2.75) is 0 Å². The van der Waals surface area contributed by atoms with Crippen molar-refractivity contribution in [2.24, 2.45) is 0 Å². The third kappa shape index (κ3) is 3.83. The van der Waals surface area contributed by atoms with E-state index in [1.165, 1.54) is 43.4 Å². The molecule has 0 aliphatic heterocycles. The van der Waals surface area contributed by atoms with Crippen LogP contribution in [-0.2, 0) is 0 Å². The van der Waals surface area contributed by atoms with Crippen molar-refractivity contribution in [1.29, 1.82) is 0 Å². The Kier molecular flexibility index (Phi) is 5.67. The largest absolute Gasteiger partial charge is 0.452 e. The first-order valence-electron chi connectivity index (χ1n) is 17.1. The number of nitrogens with zero attached hydrogens (tertiary/aromatic N) is 2. The molecule has 0 fully saturated rings. The Bertz CT molecular complexity index is 3100. The second kappa shape index (κ2) is 10.4. The number of pyridine rings is 1. The summed E-state index contributed by atoms with van der Waals surface area (Å²) >= 11 is 0. The van der Waals surface area contributed by atoms with E-state index in [0.717, 1.165) is 60.8 Å². The maximum Gasteiger partial charge on any atom is 0.178 e. The van der Waals surface area contributed by atoms with Gasteiger partial charge in [-0.05, 0) is 79.8 Å². The van der Waals surface area contributed by atoms with E-state index in [4.69, 9.17) is 9.40 Å². The molecular weight excluding hydrogens is 609 g/mol. The third-order valence-corrected chi connectivity index (χ3v) is 10.4. The van der Waals surface area contributed by atoms with Gasteiger partial charge in [-0.15, -0.1) is 0 Å². The standard InChI is InChI=1S/C47H28N2O/c1-2-12-32(13-3-1)49-41-20-10-8-18-38(41)43-44(48-45-39-19-9-11-21-42(39)50-47(45)46(43)49)30-24-22-29(23-25-30)31-26-27-37-35-16-5-4-14-33(35)34-15-6-7-17-36(34)40(37)28-31/h1-28H. The first-order valence-corrected chi connectivity index (χ1v) is 17.1. The fourth-order valence-corrected chi connectivity index (χ4v) is 8.13. The molecule has 0 bridgehead atoms. The highest BCUT2D eigenvalue weighted by atomic mass is 16.3. The summed E-state index contributed by atoms with van der Waals surface area (Å²) in [5.74, 6) is 0. The minimum atomic E-state index is 0.803. The average molecular weight is 637 g/mol. The summed E-state index contributed by atoms with van der Waals surface area (Å²) in [6, 6.07) is 60.7. The minimum Gasteiger partial charge on any atom is -0.452 e. The van der Waals surface area contributed by atoms with Crippen LogP contribution < -0.4 is 0 Å². The summed E-state index contributed by atoms with van der Waals surface area (Å²) in [7, 11) is 0. The van der Waals surface area contributed by atoms with E-state index in [1.807, 2.05) is 12.1 Å². The fourth-order valence-electron chi connectivity index (χ4n) is 8.13. The Morgan fingerprint density at radius 2 is 0.960 bits per heavy atom. The van der Waals surface area contributed by atoms with Crippen LogP contribution >= 0.6 is 0 Å². The van der Waals surface area contributed by atoms with Crippen molar-refractivity contribution in [3.05, 3.63) is 170 Å². The number of hydrogen-bond acceptors (Lipinski definition) is 2. The van der Waals surface area contributed by atoms with E-state index in [9.17, 15) is 0 Å². The highest BCUT2D eigenvalue weighted by Crippen LogP contribution is 2.44. The van der Waals surface area contributed by atoms with Gasteiger partial charge < -0.3 is 8.98 Å². The molecule has 3 nitrogen and oxygen atoms in total. The molecule has 3 heteroatoms. The summed E-state index contributed by atoms with van der Waals surface area (Å²) in [6.07, 6.45) is 0. The van der Waals surface area contributed by atoms with Gasteiger partial charge in [0.1, 0.15) is 16.6 Å². The number of aromatic nitrogens is 2. The summed E-state index contributed by atoms with van der Waals surface area (Å²) in [4.78, 5) is 5.42. The maximum absolute atomic E-state index is 6.63. The molecule has 0 spiro atoms. The number of rotatable bonds is 3. The second-order valence-corrected chi connectivity index (χ2v) is 13.1. The Hall–Kier alpha value is -6.71. The molecule has 0 aliphatic rings. The van der Waals surface area contributed by atoms with Gasteiger partial charge in [0.2, 0.25) is 0 Å². The highest BCUT2D eigenvalue weighted by molar-refractivity contribution is 6.26. The number of hydrogen-bond donors (Lipinski definition) is 0. The number of fused-ring (bicyclic) bond motifs is 13.